The standard InChI is InChI=1S/C25H19F5N4O5S/c26-17-5-6-18(34-40(36,37)15-3-1-13(2-4-15)25(28,29)30)21(27)20(17)22(35)16-11-31-23-19(16)24(33-12-32-23)39-14-7-9-38-10-8-14/h1-6,11-12,14,34H,7-10H2,(H,31,32,33). The maximum absolute atomic E-state index is 15.5. The number of hydrogen-bond acceptors (Lipinski definition) is 7. The van der Waals surface area contributed by atoms with Crippen LogP contribution in [-0.4, -0.2) is 48.5 Å². The number of nitrogens with zero attached hydrogens (tertiary/aromatic N) is 2. The van der Waals surface area contributed by atoms with Crippen LogP contribution >= 0.6 is 0 Å². The predicted molar refractivity (Wildman–Crippen MR) is 130 cm³/mol. The molecule has 3 heterocycles. The van der Waals surface area contributed by atoms with E-state index in [1.165, 1.54) is 12.5 Å². The first kappa shape index (κ1) is 27.5. The Morgan fingerprint density at radius 1 is 1.05 bits per heavy atom. The topological polar surface area (TPSA) is 123 Å². The van der Waals surface area contributed by atoms with Crippen LogP contribution in [0.3, 0.4) is 0 Å². The van der Waals surface area contributed by atoms with Gasteiger partial charge in [-0.1, -0.05) is 0 Å². The molecule has 2 N–H and O–H groups in total. The molecule has 15 heteroatoms. The van der Waals surface area contributed by atoms with Gasteiger partial charge in [0.25, 0.3) is 10.0 Å². The van der Waals surface area contributed by atoms with Crippen LogP contribution < -0.4 is 9.46 Å². The second-order valence-electron chi connectivity index (χ2n) is 8.78. The number of ketones is 1. The highest BCUT2D eigenvalue weighted by molar-refractivity contribution is 7.92. The Morgan fingerprint density at radius 3 is 2.42 bits per heavy atom. The number of sulfonamides is 1. The average molecular weight is 583 g/mol. The SMILES string of the molecule is O=C(c1c(F)ccc(NS(=O)(=O)c2ccc(C(F)(F)F)cc2)c1F)c1c[nH]c2ncnc(OC3CCOCC3)c12. The molecule has 2 aromatic heterocycles. The summed E-state index contributed by atoms with van der Waals surface area (Å²) < 4.78 is 107. The van der Waals surface area contributed by atoms with Gasteiger partial charge in [-0.2, -0.15) is 13.2 Å². The van der Waals surface area contributed by atoms with Crippen LogP contribution in [0.25, 0.3) is 11.0 Å². The summed E-state index contributed by atoms with van der Waals surface area (Å²) in [5.74, 6) is -3.94. The fraction of sp³-hybridized carbons (Fsp3) is 0.240. The molecule has 1 aliphatic rings. The maximum atomic E-state index is 15.5. The van der Waals surface area contributed by atoms with Crippen molar-refractivity contribution in [3.8, 4) is 5.88 Å². The number of benzene rings is 2. The highest BCUT2D eigenvalue weighted by atomic mass is 32.2. The molecule has 5 rings (SSSR count). The van der Waals surface area contributed by atoms with Crippen LogP contribution in [0.4, 0.5) is 27.6 Å². The molecular weight excluding hydrogens is 563 g/mol. The molecule has 4 aromatic rings. The lowest BCUT2D eigenvalue weighted by Gasteiger charge is -2.23. The summed E-state index contributed by atoms with van der Waals surface area (Å²) in [4.78, 5) is 23.6. The van der Waals surface area contributed by atoms with E-state index in [1.807, 2.05) is 4.72 Å². The number of alkyl halides is 3. The highest BCUT2D eigenvalue weighted by Gasteiger charge is 2.32. The molecule has 1 fully saturated rings. The molecule has 1 aliphatic heterocycles. The smallest absolute Gasteiger partial charge is 0.416 e. The number of aromatic amines is 1. The zero-order chi connectivity index (χ0) is 28.7. The Balaban J connectivity index is 1.48. The summed E-state index contributed by atoms with van der Waals surface area (Å²) >= 11 is 0. The number of carbonyl (C=O) groups excluding carboxylic acids is 1. The molecule has 0 spiro atoms. The van der Waals surface area contributed by atoms with Crippen molar-refractivity contribution in [1.29, 1.82) is 0 Å². The Morgan fingerprint density at radius 2 is 1.75 bits per heavy atom. The minimum Gasteiger partial charge on any atom is -0.474 e. The minimum atomic E-state index is -4.70. The van der Waals surface area contributed by atoms with Crippen molar-refractivity contribution in [2.24, 2.45) is 0 Å². The van der Waals surface area contributed by atoms with E-state index in [9.17, 15) is 30.8 Å². The number of hydrogen-bond donors (Lipinski definition) is 2. The van der Waals surface area contributed by atoms with Gasteiger partial charge in [0.2, 0.25) is 11.7 Å². The van der Waals surface area contributed by atoms with Gasteiger partial charge in [-0.15, -0.1) is 0 Å². The Hall–Kier alpha value is -4.11. The van der Waals surface area contributed by atoms with Crippen LogP contribution in [0.1, 0.15) is 34.3 Å². The first-order valence-electron chi connectivity index (χ1n) is 11.7. The van der Waals surface area contributed by atoms with Crippen molar-refractivity contribution in [3.63, 3.8) is 0 Å². The van der Waals surface area contributed by atoms with E-state index >= 15 is 4.39 Å². The number of fused-ring (bicyclic) bond motifs is 1. The molecule has 2 aromatic carbocycles. The average Bonchev–Trinajstić information content (AvgIpc) is 3.36. The van der Waals surface area contributed by atoms with E-state index in [2.05, 4.69) is 15.0 Å². The Kier molecular flexibility index (Phi) is 7.18. The van der Waals surface area contributed by atoms with Gasteiger partial charge in [-0.3, -0.25) is 9.52 Å². The number of carbonyl (C=O) groups is 1. The quantitative estimate of drug-likeness (QED) is 0.236. The second-order valence-corrected chi connectivity index (χ2v) is 10.5. The Bertz CT molecular complexity index is 1680. The minimum absolute atomic E-state index is 0.0153. The molecule has 0 saturated carbocycles. The molecule has 0 unspecified atom stereocenters. The monoisotopic (exact) mass is 582 g/mol. The van der Waals surface area contributed by atoms with E-state index in [4.69, 9.17) is 9.47 Å². The van der Waals surface area contributed by atoms with Gasteiger partial charge < -0.3 is 14.5 Å². The van der Waals surface area contributed by atoms with Gasteiger partial charge in [0.1, 0.15) is 23.9 Å². The van der Waals surface area contributed by atoms with Crippen molar-refractivity contribution in [3.05, 3.63) is 77.2 Å². The summed E-state index contributed by atoms with van der Waals surface area (Å²) in [5, 5.41) is 0.0773. The third kappa shape index (κ3) is 5.34. The summed E-state index contributed by atoms with van der Waals surface area (Å²) in [6.45, 7) is 0.923. The van der Waals surface area contributed by atoms with Crippen LogP contribution in [0.2, 0.25) is 0 Å². The van der Waals surface area contributed by atoms with E-state index in [0.717, 1.165) is 6.07 Å². The van der Waals surface area contributed by atoms with E-state index in [1.54, 1.807) is 0 Å². The molecule has 1 saturated heterocycles. The van der Waals surface area contributed by atoms with Crippen LogP contribution in [0.15, 0.2) is 53.8 Å². The molecule has 210 valence electrons. The largest absolute Gasteiger partial charge is 0.474 e. The number of nitrogens with one attached hydrogen (secondary N) is 2. The number of ether oxygens (including phenoxy) is 2. The molecule has 0 bridgehead atoms. The van der Waals surface area contributed by atoms with Crippen LogP contribution in [-0.2, 0) is 20.9 Å². The van der Waals surface area contributed by atoms with Gasteiger partial charge in [0, 0.05) is 19.0 Å². The van der Waals surface area contributed by atoms with Crippen LogP contribution in [0.5, 0.6) is 5.88 Å². The van der Waals surface area contributed by atoms with Crippen molar-refractivity contribution < 1.29 is 44.6 Å². The lowest BCUT2D eigenvalue weighted by Crippen LogP contribution is -2.26. The summed E-state index contributed by atoms with van der Waals surface area (Å²) in [5.41, 5.74) is -3.01. The molecule has 0 aliphatic carbocycles. The van der Waals surface area contributed by atoms with Crippen molar-refractivity contribution >= 4 is 32.5 Å². The van der Waals surface area contributed by atoms with Crippen molar-refractivity contribution in [1.82, 2.24) is 15.0 Å². The van der Waals surface area contributed by atoms with Gasteiger partial charge in [0.15, 0.2) is 5.82 Å². The van der Waals surface area contributed by atoms with Crippen molar-refractivity contribution in [2.75, 3.05) is 17.9 Å². The molecule has 0 atom stereocenters. The van der Waals surface area contributed by atoms with E-state index < -0.39 is 55.3 Å². The first-order valence-corrected chi connectivity index (χ1v) is 13.2. The maximum Gasteiger partial charge on any atom is 0.416 e. The predicted octanol–water partition coefficient (Wildman–Crippen LogP) is 4.84. The normalized spacial score (nSPS) is 14.8. The molecule has 0 radical (unpaired) electrons. The summed E-state index contributed by atoms with van der Waals surface area (Å²) in [7, 11) is -4.61. The number of rotatable bonds is 7. The van der Waals surface area contributed by atoms with Gasteiger partial charge in [-0.05, 0) is 36.4 Å². The number of H-pyrrole nitrogens is 1. The summed E-state index contributed by atoms with van der Waals surface area (Å²) in [6.07, 6.45) is -1.48. The number of halogens is 5. The molecule has 9 nitrogen and oxygen atoms in total. The zero-order valence-electron chi connectivity index (χ0n) is 20.3. The first-order chi connectivity index (χ1) is 19.0. The third-order valence-corrected chi connectivity index (χ3v) is 7.56. The fourth-order valence-electron chi connectivity index (χ4n) is 4.16. The highest BCUT2D eigenvalue weighted by Crippen LogP contribution is 2.33. The second kappa shape index (κ2) is 10.5. The lowest BCUT2D eigenvalue weighted by atomic mass is 10.0. The third-order valence-electron chi connectivity index (χ3n) is 6.18. The number of anilines is 1. The van der Waals surface area contributed by atoms with E-state index in [0.29, 0.717) is 56.4 Å². The molecule has 40 heavy (non-hydrogen) atoms. The summed E-state index contributed by atoms with van der Waals surface area (Å²) in [6, 6.07) is 3.90. The Labute approximate surface area is 223 Å². The van der Waals surface area contributed by atoms with E-state index in [-0.39, 0.29) is 28.6 Å². The van der Waals surface area contributed by atoms with Gasteiger partial charge in [-0.25, -0.2) is 27.2 Å². The van der Waals surface area contributed by atoms with Crippen molar-refractivity contribution in [2.45, 2.75) is 30.0 Å². The fourth-order valence-corrected chi connectivity index (χ4v) is 5.21. The van der Waals surface area contributed by atoms with Crippen LogP contribution in [0, 0.1) is 11.6 Å². The molecular formula is C25H19F5N4O5S. The van der Waals surface area contributed by atoms with Gasteiger partial charge in [0.05, 0.1) is 45.9 Å². The zero-order valence-corrected chi connectivity index (χ0v) is 21.1. The lowest BCUT2D eigenvalue weighted by molar-refractivity contribution is -0.137. The van der Waals surface area contributed by atoms with Gasteiger partial charge >= 0.3 is 6.18 Å². The number of aromatic nitrogens is 3. The molecule has 0 amide bonds.